The van der Waals surface area contributed by atoms with Gasteiger partial charge in [-0.3, -0.25) is 0 Å². The van der Waals surface area contributed by atoms with Crippen LogP contribution in [0.1, 0.15) is 28.2 Å². The number of carbonyl (C=O) groups is 1. The van der Waals surface area contributed by atoms with Crippen molar-refractivity contribution in [1.82, 2.24) is 4.98 Å². The van der Waals surface area contributed by atoms with Gasteiger partial charge in [0.2, 0.25) is 0 Å². The second kappa shape index (κ2) is 4.53. The molecule has 0 fully saturated rings. The van der Waals surface area contributed by atoms with Crippen LogP contribution in [0, 0.1) is 11.3 Å². The first kappa shape index (κ1) is 11.8. The van der Waals surface area contributed by atoms with Crippen molar-refractivity contribution in [3.05, 3.63) is 23.0 Å². The number of halogens is 2. The Kier molecular flexibility index (Phi) is 3.35. The van der Waals surface area contributed by atoms with E-state index < -0.39 is 23.7 Å². The highest BCUT2D eigenvalue weighted by Crippen LogP contribution is 2.28. The van der Waals surface area contributed by atoms with E-state index in [2.05, 4.69) is 9.72 Å². The van der Waals surface area contributed by atoms with Gasteiger partial charge in [0.15, 0.2) is 0 Å². The summed E-state index contributed by atoms with van der Waals surface area (Å²) in [6.45, 7) is 0. The van der Waals surface area contributed by atoms with Crippen molar-refractivity contribution < 1.29 is 23.4 Å². The van der Waals surface area contributed by atoms with Crippen molar-refractivity contribution in [3.63, 3.8) is 0 Å². The topological polar surface area (TPSA) is 83.2 Å². The van der Waals surface area contributed by atoms with E-state index in [-0.39, 0.29) is 11.4 Å². The minimum atomic E-state index is -3.09. The van der Waals surface area contributed by atoms with Crippen molar-refractivity contribution in [2.45, 2.75) is 6.43 Å². The Morgan fingerprint density at radius 1 is 1.69 bits per heavy atom. The minimum absolute atomic E-state index is 0.311. The van der Waals surface area contributed by atoms with Crippen molar-refractivity contribution in [3.8, 4) is 11.8 Å². The number of nitrogens with zero attached hydrogens (tertiary/aromatic N) is 2. The fourth-order valence-corrected chi connectivity index (χ4v) is 1.13. The van der Waals surface area contributed by atoms with Crippen LogP contribution in [0.15, 0.2) is 6.07 Å². The van der Waals surface area contributed by atoms with E-state index in [4.69, 9.17) is 10.4 Å². The van der Waals surface area contributed by atoms with Gasteiger partial charge in [0.05, 0.1) is 7.11 Å². The van der Waals surface area contributed by atoms with E-state index in [1.807, 2.05) is 0 Å². The Hall–Kier alpha value is -2.23. The van der Waals surface area contributed by atoms with Crippen LogP contribution in [0.25, 0.3) is 0 Å². The molecule has 7 heteroatoms. The lowest BCUT2D eigenvalue weighted by Gasteiger charge is -2.09. The Balaban J connectivity index is 3.55. The quantitative estimate of drug-likeness (QED) is 0.849. The number of pyridine rings is 1. The fraction of sp³-hybridized carbons (Fsp3) is 0.222. The van der Waals surface area contributed by atoms with Gasteiger partial charge in [0, 0.05) is 6.07 Å². The molecule has 0 amide bonds. The molecule has 0 aliphatic rings. The third-order valence-electron chi connectivity index (χ3n) is 1.77. The Bertz CT molecular complexity index is 469. The van der Waals surface area contributed by atoms with E-state index in [0.29, 0.717) is 0 Å². The summed E-state index contributed by atoms with van der Waals surface area (Å²) in [5.74, 6) is -1.89. The van der Waals surface area contributed by atoms with Crippen LogP contribution >= 0.6 is 0 Å². The second-order valence-electron chi connectivity index (χ2n) is 2.69. The zero-order valence-corrected chi connectivity index (χ0v) is 8.07. The fourth-order valence-electron chi connectivity index (χ4n) is 1.13. The SMILES string of the molecule is COc1cc(C#N)nc(C(F)F)c1C(=O)O. The number of ether oxygens (including phenoxy) is 1. The second-order valence-corrected chi connectivity index (χ2v) is 2.69. The largest absolute Gasteiger partial charge is 0.496 e. The molecule has 0 aliphatic heterocycles. The lowest BCUT2D eigenvalue weighted by Crippen LogP contribution is -2.09. The van der Waals surface area contributed by atoms with Crippen molar-refractivity contribution in [2.24, 2.45) is 0 Å². The van der Waals surface area contributed by atoms with Gasteiger partial charge in [-0.1, -0.05) is 0 Å². The zero-order valence-electron chi connectivity index (χ0n) is 8.07. The number of hydrogen-bond acceptors (Lipinski definition) is 4. The van der Waals surface area contributed by atoms with E-state index in [0.717, 1.165) is 13.2 Å². The molecule has 1 aromatic heterocycles. The lowest BCUT2D eigenvalue weighted by molar-refractivity contribution is 0.0678. The number of rotatable bonds is 3. The number of nitriles is 1. The van der Waals surface area contributed by atoms with Crippen LogP contribution in [0.3, 0.4) is 0 Å². The van der Waals surface area contributed by atoms with Gasteiger partial charge in [-0.25, -0.2) is 18.6 Å². The third kappa shape index (κ3) is 2.06. The third-order valence-corrected chi connectivity index (χ3v) is 1.77. The molecule has 1 aromatic rings. The molecule has 1 rings (SSSR count). The van der Waals surface area contributed by atoms with Crippen LogP contribution in [0.2, 0.25) is 0 Å². The van der Waals surface area contributed by atoms with Gasteiger partial charge >= 0.3 is 5.97 Å². The van der Waals surface area contributed by atoms with Crippen LogP contribution in [0.4, 0.5) is 8.78 Å². The standard InChI is InChI=1S/C9H6F2N2O3/c1-16-5-2-4(3-12)13-7(8(10)11)6(5)9(14)15/h2,8H,1H3,(H,14,15). The summed E-state index contributed by atoms with van der Waals surface area (Å²) in [5.41, 5.74) is -2.02. The summed E-state index contributed by atoms with van der Waals surface area (Å²) in [6, 6.07) is 2.54. The maximum Gasteiger partial charge on any atom is 0.341 e. The molecule has 1 heterocycles. The van der Waals surface area contributed by atoms with Gasteiger partial charge in [0.1, 0.15) is 28.8 Å². The zero-order chi connectivity index (χ0) is 12.3. The summed E-state index contributed by atoms with van der Waals surface area (Å²) in [4.78, 5) is 14.0. The number of hydrogen-bond donors (Lipinski definition) is 1. The molecule has 0 radical (unpaired) electrons. The van der Waals surface area contributed by atoms with Gasteiger partial charge < -0.3 is 9.84 Å². The number of methoxy groups -OCH3 is 1. The molecule has 0 aromatic carbocycles. The number of carboxylic acids is 1. The summed E-state index contributed by atoms with van der Waals surface area (Å²) < 4.78 is 29.7. The summed E-state index contributed by atoms with van der Waals surface area (Å²) >= 11 is 0. The Labute approximate surface area is 88.9 Å². The predicted molar refractivity (Wildman–Crippen MR) is 47.4 cm³/mol. The maximum absolute atomic E-state index is 12.5. The first-order valence-electron chi connectivity index (χ1n) is 4.01. The highest BCUT2D eigenvalue weighted by Gasteiger charge is 2.25. The molecular formula is C9H6F2N2O3. The summed E-state index contributed by atoms with van der Waals surface area (Å²) in [5, 5.41) is 17.3. The minimum Gasteiger partial charge on any atom is -0.496 e. The van der Waals surface area contributed by atoms with Crippen molar-refractivity contribution in [1.29, 1.82) is 5.26 Å². The molecule has 0 spiro atoms. The van der Waals surface area contributed by atoms with E-state index in [1.54, 1.807) is 6.07 Å². The predicted octanol–water partition coefficient (Wildman–Crippen LogP) is 1.60. The van der Waals surface area contributed by atoms with Crippen LogP contribution in [-0.4, -0.2) is 23.2 Å². The Morgan fingerprint density at radius 3 is 2.69 bits per heavy atom. The number of aromatic carboxylic acids is 1. The molecule has 1 N–H and O–H groups in total. The molecule has 5 nitrogen and oxygen atoms in total. The average Bonchev–Trinajstić information content (AvgIpc) is 2.26. The number of carboxylic acid groups (broad SMARTS) is 1. The normalized spacial score (nSPS) is 9.94. The van der Waals surface area contributed by atoms with E-state index in [9.17, 15) is 13.6 Å². The molecule has 0 unspecified atom stereocenters. The molecule has 0 saturated carbocycles. The summed E-state index contributed by atoms with van der Waals surface area (Å²) in [7, 11) is 1.12. The number of aromatic nitrogens is 1. The van der Waals surface area contributed by atoms with Crippen molar-refractivity contribution >= 4 is 5.97 Å². The smallest absolute Gasteiger partial charge is 0.341 e. The van der Waals surface area contributed by atoms with E-state index in [1.165, 1.54) is 0 Å². The molecule has 0 atom stereocenters. The molecule has 84 valence electrons. The van der Waals surface area contributed by atoms with Crippen LogP contribution in [-0.2, 0) is 0 Å². The molecule has 0 saturated heterocycles. The summed E-state index contributed by atoms with van der Waals surface area (Å²) in [6.07, 6.45) is -3.09. The molecule has 0 bridgehead atoms. The Morgan fingerprint density at radius 2 is 2.31 bits per heavy atom. The molecule has 16 heavy (non-hydrogen) atoms. The molecular weight excluding hydrogens is 222 g/mol. The van der Waals surface area contributed by atoms with Crippen LogP contribution < -0.4 is 4.74 Å². The molecule has 0 aliphatic carbocycles. The average molecular weight is 228 g/mol. The van der Waals surface area contributed by atoms with Gasteiger partial charge in [-0.15, -0.1) is 0 Å². The van der Waals surface area contributed by atoms with Crippen LogP contribution in [0.5, 0.6) is 5.75 Å². The van der Waals surface area contributed by atoms with Gasteiger partial charge in [0.25, 0.3) is 6.43 Å². The lowest BCUT2D eigenvalue weighted by atomic mass is 10.1. The number of alkyl halides is 2. The highest BCUT2D eigenvalue weighted by atomic mass is 19.3. The first-order valence-corrected chi connectivity index (χ1v) is 4.01. The van der Waals surface area contributed by atoms with Crippen molar-refractivity contribution in [2.75, 3.05) is 7.11 Å². The van der Waals surface area contributed by atoms with Gasteiger partial charge in [-0.05, 0) is 0 Å². The highest BCUT2D eigenvalue weighted by molar-refractivity contribution is 5.92. The van der Waals surface area contributed by atoms with E-state index >= 15 is 0 Å². The monoisotopic (exact) mass is 228 g/mol. The first-order chi connectivity index (χ1) is 7.51. The van der Waals surface area contributed by atoms with Gasteiger partial charge in [-0.2, -0.15) is 5.26 Å². The maximum atomic E-state index is 12.5.